The van der Waals surface area contributed by atoms with E-state index in [1.54, 1.807) is 24.3 Å². The summed E-state index contributed by atoms with van der Waals surface area (Å²) in [6.07, 6.45) is 0. The van der Waals surface area contributed by atoms with Crippen molar-refractivity contribution in [3.63, 3.8) is 0 Å². The third kappa shape index (κ3) is 3.26. The number of ketones is 1. The quantitative estimate of drug-likeness (QED) is 0.375. The molecule has 0 unspecified atom stereocenters. The van der Waals surface area contributed by atoms with Gasteiger partial charge in [-0.15, -0.1) is 0 Å². The van der Waals surface area contributed by atoms with Crippen LogP contribution in [0.5, 0.6) is 0 Å². The van der Waals surface area contributed by atoms with Gasteiger partial charge in [-0.05, 0) is 47.0 Å². The highest BCUT2D eigenvalue weighted by molar-refractivity contribution is 6.14. The Morgan fingerprint density at radius 1 is 0.607 bits per heavy atom. The number of benzene rings is 4. The molecule has 0 aliphatic carbocycles. The van der Waals surface area contributed by atoms with E-state index in [-0.39, 0.29) is 5.78 Å². The summed E-state index contributed by atoms with van der Waals surface area (Å²) in [7, 11) is 0. The van der Waals surface area contributed by atoms with Crippen LogP contribution in [0.3, 0.4) is 0 Å². The maximum Gasteiger partial charge on any atom is 0.193 e. The van der Waals surface area contributed by atoms with Crippen molar-refractivity contribution in [1.29, 1.82) is 0 Å². The van der Waals surface area contributed by atoms with Gasteiger partial charge in [0.1, 0.15) is 0 Å². The zero-order valence-electron chi connectivity index (χ0n) is 15.3. The second kappa shape index (κ2) is 7.41. The first-order valence-electron chi connectivity index (χ1n) is 9.08. The van der Waals surface area contributed by atoms with E-state index in [4.69, 9.17) is 11.5 Å². The Morgan fingerprint density at radius 2 is 1.25 bits per heavy atom. The largest absolute Gasteiger partial charge is 0.399 e. The SMILES string of the molecule is Nc1ccc(C(=O)c2ccccc2-c2c(N)cccc2-c2ccccc2)cc1. The molecule has 136 valence electrons. The lowest BCUT2D eigenvalue weighted by Gasteiger charge is -2.16. The van der Waals surface area contributed by atoms with Gasteiger partial charge in [0.15, 0.2) is 5.78 Å². The van der Waals surface area contributed by atoms with Gasteiger partial charge in [-0.1, -0.05) is 66.7 Å². The van der Waals surface area contributed by atoms with Crippen molar-refractivity contribution in [3.8, 4) is 22.3 Å². The molecular weight excluding hydrogens is 344 g/mol. The van der Waals surface area contributed by atoms with Crippen molar-refractivity contribution < 1.29 is 4.79 Å². The van der Waals surface area contributed by atoms with Crippen LogP contribution in [0.2, 0.25) is 0 Å². The van der Waals surface area contributed by atoms with Gasteiger partial charge in [-0.3, -0.25) is 4.79 Å². The van der Waals surface area contributed by atoms with Gasteiger partial charge in [0.05, 0.1) is 0 Å². The maximum atomic E-state index is 13.2. The van der Waals surface area contributed by atoms with E-state index in [1.807, 2.05) is 72.8 Å². The lowest BCUT2D eigenvalue weighted by Crippen LogP contribution is -2.05. The number of hydrogen-bond donors (Lipinski definition) is 2. The first kappa shape index (κ1) is 17.6. The van der Waals surface area contributed by atoms with Crippen molar-refractivity contribution in [2.45, 2.75) is 0 Å². The lowest BCUT2D eigenvalue weighted by molar-refractivity contribution is 0.103. The molecule has 4 rings (SSSR count). The Hall–Kier alpha value is -3.85. The van der Waals surface area contributed by atoms with E-state index in [0.717, 1.165) is 22.3 Å². The third-order valence-electron chi connectivity index (χ3n) is 4.80. The minimum Gasteiger partial charge on any atom is -0.399 e. The number of nitrogen functional groups attached to an aromatic ring is 2. The molecule has 0 saturated carbocycles. The molecule has 3 heteroatoms. The zero-order chi connectivity index (χ0) is 19.5. The van der Waals surface area contributed by atoms with E-state index in [2.05, 4.69) is 0 Å². The van der Waals surface area contributed by atoms with Crippen LogP contribution >= 0.6 is 0 Å². The van der Waals surface area contributed by atoms with Crippen molar-refractivity contribution in [2.24, 2.45) is 0 Å². The van der Waals surface area contributed by atoms with Gasteiger partial charge in [0, 0.05) is 28.1 Å². The van der Waals surface area contributed by atoms with Gasteiger partial charge < -0.3 is 11.5 Å². The highest BCUT2D eigenvalue weighted by Gasteiger charge is 2.18. The molecule has 4 aromatic carbocycles. The van der Waals surface area contributed by atoms with Crippen molar-refractivity contribution in [1.82, 2.24) is 0 Å². The van der Waals surface area contributed by atoms with Crippen LogP contribution in [0.4, 0.5) is 11.4 Å². The van der Waals surface area contributed by atoms with Crippen LogP contribution in [0, 0.1) is 0 Å². The lowest BCUT2D eigenvalue weighted by atomic mass is 9.88. The molecule has 0 bridgehead atoms. The minimum atomic E-state index is -0.0575. The monoisotopic (exact) mass is 364 g/mol. The van der Waals surface area contributed by atoms with Crippen molar-refractivity contribution in [3.05, 3.63) is 108 Å². The number of carbonyl (C=O) groups is 1. The zero-order valence-corrected chi connectivity index (χ0v) is 15.3. The van der Waals surface area contributed by atoms with Crippen LogP contribution < -0.4 is 11.5 Å². The number of anilines is 2. The summed E-state index contributed by atoms with van der Waals surface area (Å²) in [5, 5.41) is 0. The summed E-state index contributed by atoms with van der Waals surface area (Å²) >= 11 is 0. The Bertz CT molecular complexity index is 1130. The third-order valence-corrected chi connectivity index (χ3v) is 4.80. The van der Waals surface area contributed by atoms with Crippen LogP contribution in [0.25, 0.3) is 22.3 Å². The second-order valence-corrected chi connectivity index (χ2v) is 6.63. The van der Waals surface area contributed by atoms with E-state index >= 15 is 0 Å². The summed E-state index contributed by atoms with van der Waals surface area (Å²) in [6.45, 7) is 0. The Balaban J connectivity index is 1.91. The number of nitrogens with two attached hydrogens (primary N) is 2. The van der Waals surface area contributed by atoms with Gasteiger partial charge in [-0.2, -0.15) is 0 Å². The molecule has 4 aromatic rings. The fourth-order valence-electron chi connectivity index (χ4n) is 3.42. The fourth-order valence-corrected chi connectivity index (χ4v) is 3.42. The Morgan fingerprint density at radius 3 is 2.00 bits per heavy atom. The first-order chi connectivity index (χ1) is 13.6. The summed E-state index contributed by atoms with van der Waals surface area (Å²) < 4.78 is 0. The highest BCUT2D eigenvalue weighted by atomic mass is 16.1. The van der Waals surface area contributed by atoms with Gasteiger partial charge in [0.25, 0.3) is 0 Å². The number of rotatable bonds is 4. The van der Waals surface area contributed by atoms with Crippen LogP contribution in [0.1, 0.15) is 15.9 Å². The highest BCUT2D eigenvalue weighted by Crippen LogP contribution is 2.38. The molecule has 0 aromatic heterocycles. The predicted octanol–water partition coefficient (Wildman–Crippen LogP) is 5.42. The molecule has 0 aliphatic heterocycles. The van der Waals surface area contributed by atoms with Gasteiger partial charge in [-0.25, -0.2) is 0 Å². The minimum absolute atomic E-state index is 0.0575. The van der Waals surface area contributed by atoms with Gasteiger partial charge in [0.2, 0.25) is 0 Å². The van der Waals surface area contributed by atoms with E-state index < -0.39 is 0 Å². The van der Waals surface area contributed by atoms with E-state index in [0.29, 0.717) is 22.5 Å². The van der Waals surface area contributed by atoms with Crippen molar-refractivity contribution >= 4 is 17.2 Å². The number of hydrogen-bond acceptors (Lipinski definition) is 3. The molecule has 0 saturated heterocycles. The number of carbonyl (C=O) groups excluding carboxylic acids is 1. The fraction of sp³-hybridized carbons (Fsp3) is 0. The average Bonchev–Trinajstić information content (AvgIpc) is 2.74. The summed E-state index contributed by atoms with van der Waals surface area (Å²) in [5.74, 6) is -0.0575. The molecule has 0 amide bonds. The first-order valence-corrected chi connectivity index (χ1v) is 9.08. The normalized spacial score (nSPS) is 10.6. The summed E-state index contributed by atoms with van der Waals surface area (Å²) in [6, 6.07) is 30.5. The second-order valence-electron chi connectivity index (χ2n) is 6.63. The standard InChI is InChI=1S/C25H20N2O/c26-19-15-13-18(14-16-19)25(28)22-10-5-4-9-21(22)24-20(11-6-12-23(24)27)17-7-2-1-3-8-17/h1-16H,26-27H2. The molecule has 0 radical (unpaired) electrons. The molecule has 3 nitrogen and oxygen atoms in total. The molecular formula is C25H20N2O. The molecule has 0 atom stereocenters. The molecule has 4 N–H and O–H groups in total. The van der Waals surface area contributed by atoms with Gasteiger partial charge >= 0.3 is 0 Å². The van der Waals surface area contributed by atoms with E-state index in [1.165, 1.54) is 0 Å². The van der Waals surface area contributed by atoms with E-state index in [9.17, 15) is 4.79 Å². The smallest absolute Gasteiger partial charge is 0.193 e. The molecule has 0 fully saturated rings. The maximum absolute atomic E-state index is 13.2. The van der Waals surface area contributed by atoms with Crippen LogP contribution in [-0.4, -0.2) is 5.78 Å². The summed E-state index contributed by atoms with van der Waals surface area (Å²) in [5.41, 5.74) is 18.4. The summed E-state index contributed by atoms with van der Waals surface area (Å²) in [4.78, 5) is 13.2. The predicted molar refractivity (Wildman–Crippen MR) is 116 cm³/mol. The van der Waals surface area contributed by atoms with Crippen molar-refractivity contribution in [2.75, 3.05) is 11.5 Å². The van der Waals surface area contributed by atoms with Crippen LogP contribution in [0.15, 0.2) is 97.1 Å². The molecule has 0 heterocycles. The topological polar surface area (TPSA) is 69.1 Å². The average molecular weight is 364 g/mol. The molecule has 0 aliphatic rings. The molecule has 28 heavy (non-hydrogen) atoms. The molecule has 0 spiro atoms. The Labute approximate surface area is 164 Å². The van der Waals surface area contributed by atoms with Crippen LogP contribution in [-0.2, 0) is 0 Å². The Kier molecular flexibility index (Phi) is 4.65.